The average molecular weight is 177 g/mol. The Labute approximate surface area is 76.0 Å². The summed E-state index contributed by atoms with van der Waals surface area (Å²) in [5, 5.41) is 4.22. The van der Waals surface area contributed by atoms with Gasteiger partial charge in [-0.1, -0.05) is 0 Å². The third-order valence-electron chi connectivity index (χ3n) is 1.96. The summed E-state index contributed by atoms with van der Waals surface area (Å²) < 4.78 is 6.68. The van der Waals surface area contributed by atoms with Gasteiger partial charge in [0.2, 0.25) is 0 Å². The summed E-state index contributed by atoms with van der Waals surface area (Å²) in [6.45, 7) is 0. The van der Waals surface area contributed by atoms with Crippen LogP contribution >= 0.6 is 0 Å². The van der Waals surface area contributed by atoms with Gasteiger partial charge in [-0.15, -0.1) is 0 Å². The third-order valence-corrected chi connectivity index (χ3v) is 1.96. The molecule has 0 amide bonds. The van der Waals surface area contributed by atoms with Crippen LogP contribution in [0.15, 0.2) is 35.3 Å². The predicted octanol–water partition coefficient (Wildman–Crippen LogP) is 1.06. The van der Waals surface area contributed by atoms with Gasteiger partial charge in [0, 0.05) is 18.8 Å². The number of nitrogens with zero attached hydrogens (tertiary/aromatic N) is 2. The summed E-state index contributed by atoms with van der Waals surface area (Å²) in [6.07, 6.45) is 5.12. The highest BCUT2D eigenvalue weighted by Gasteiger charge is 2.11. The zero-order chi connectivity index (χ0) is 9.26. The normalized spacial score (nSPS) is 13.1. The molecular weight excluding hydrogens is 166 g/mol. The minimum absolute atomic E-state index is 0.194. The van der Waals surface area contributed by atoms with Gasteiger partial charge in [-0.05, 0) is 12.1 Å². The van der Waals surface area contributed by atoms with E-state index >= 15 is 0 Å². The molecule has 68 valence electrons. The fourth-order valence-corrected chi connectivity index (χ4v) is 1.22. The van der Waals surface area contributed by atoms with Crippen molar-refractivity contribution >= 4 is 0 Å². The largest absolute Gasteiger partial charge is 0.472 e. The zero-order valence-corrected chi connectivity index (χ0v) is 7.34. The van der Waals surface area contributed by atoms with Crippen molar-refractivity contribution in [2.24, 2.45) is 12.8 Å². The number of hydrogen-bond acceptors (Lipinski definition) is 3. The molecule has 2 N–H and O–H groups in total. The van der Waals surface area contributed by atoms with E-state index in [1.807, 2.05) is 25.4 Å². The number of furan rings is 1. The van der Waals surface area contributed by atoms with Crippen LogP contribution in [0.2, 0.25) is 0 Å². The van der Waals surface area contributed by atoms with Gasteiger partial charge in [0.15, 0.2) is 0 Å². The number of nitrogens with two attached hydrogens (primary N) is 1. The highest BCUT2D eigenvalue weighted by atomic mass is 16.3. The van der Waals surface area contributed by atoms with E-state index in [-0.39, 0.29) is 6.04 Å². The molecule has 0 saturated heterocycles. The SMILES string of the molecule is Cn1ccc(C(N)c2ccoc2)n1. The third kappa shape index (κ3) is 1.48. The highest BCUT2D eigenvalue weighted by molar-refractivity contribution is 5.22. The van der Waals surface area contributed by atoms with Crippen molar-refractivity contribution in [3.8, 4) is 0 Å². The molecule has 2 rings (SSSR count). The molecule has 4 heteroatoms. The Kier molecular flexibility index (Phi) is 1.90. The second kappa shape index (κ2) is 3.06. The molecule has 1 atom stereocenters. The Morgan fingerprint density at radius 2 is 2.38 bits per heavy atom. The fraction of sp³-hybridized carbons (Fsp3) is 0.222. The van der Waals surface area contributed by atoms with Crippen LogP contribution in [0.1, 0.15) is 17.3 Å². The van der Waals surface area contributed by atoms with Crippen LogP contribution in [0.5, 0.6) is 0 Å². The molecular formula is C9H11N3O. The molecule has 2 heterocycles. The summed E-state index contributed by atoms with van der Waals surface area (Å²) in [5.74, 6) is 0. The number of hydrogen-bond donors (Lipinski definition) is 1. The maximum absolute atomic E-state index is 5.94. The molecule has 0 radical (unpaired) electrons. The van der Waals surface area contributed by atoms with E-state index in [0.29, 0.717) is 0 Å². The summed E-state index contributed by atoms with van der Waals surface area (Å²) in [7, 11) is 1.87. The monoisotopic (exact) mass is 177 g/mol. The van der Waals surface area contributed by atoms with Crippen molar-refractivity contribution < 1.29 is 4.42 Å². The Hall–Kier alpha value is -1.55. The lowest BCUT2D eigenvalue weighted by molar-refractivity contribution is 0.561. The Balaban J connectivity index is 2.28. The first-order valence-corrected chi connectivity index (χ1v) is 4.04. The molecule has 0 saturated carbocycles. The van der Waals surface area contributed by atoms with Gasteiger partial charge in [-0.25, -0.2) is 0 Å². The van der Waals surface area contributed by atoms with E-state index in [2.05, 4.69) is 5.10 Å². The molecule has 0 aliphatic rings. The average Bonchev–Trinajstić information content (AvgIpc) is 2.72. The molecule has 2 aromatic heterocycles. The molecule has 0 aliphatic carbocycles. The van der Waals surface area contributed by atoms with Crippen LogP contribution in [0.4, 0.5) is 0 Å². The molecule has 0 fully saturated rings. The first kappa shape index (κ1) is 8.07. The minimum Gasteiger partial charge on any atom is -0.472 e. The van der Waals surface area contributed by atoms with Gasteiger partial charge >= 0.3 is 0 Å². The van der Waals surface area contributed by atoms with Gasteiger partial charge in [0.1, 0.15) is 0 Å². The van der Waals surface area contributed by atoms with Crippen LogP contribution in [0.3, 0.4) is 0 Å². The Morgan fingerprint density at radius 1 is 1.54 bits per heavy atom. The van der Waals surface area contributed by atoms with E-state index in [4.69, 9.17) is 10.2 Å². The maximum atomic E-state index is 5.94. The lowest BCUT2D eigenvalue weighted by Crippen LogP contribution is -2.11. The van der Waals surface area contributed by atoms with Crippen LogP contribution in [0, 0.1) is 0 Å². The molecule has 0 spiro atoms. The lowest BCUT2D eigenvalue weighted by Gasteiger charge is -2.04. The molecule has 13 heavy (non-hydrogen) atoms. The zero-order valence-electron chi connectivity index (χ0n) is 7.34. The van der Waals surface area contributed by atoms with Gasteiger partial charge in [0.05, 0.1) is 24.3 Å². The van der Waals surface area contributed by atoms with Crippen LogP contribution < -0.4 is 5.73 Å². The summed E-state index contributed by atoms with van der Waals surface area (Å²) in [5.41, 5.74) is 7.73. The lowest BCUT2D eigenvalue weighted by atomic mass is 10.1. The molecule has 0 aromatic carbocycles. The molecule has 0 aliphatic heterocycles. The minimum atomic E-state index is -0.194. The van der Waals surface area contributed by atoms with Gasteiger partial charge < -0.3 is 10.2 Å². The van der Waals surface area contributed by atoms with Gasteiger partial charge in [-0.3, -0.25) is 4.68 Å². The summed E-state index contributed by atoms with van der Waals surface area (Å²) >= 11 is 0. The smallest absolute Gasteiger partial charge is 0.0954 e. The molecule has 2 aromatic rings. The van der Waals surface area contributed by atoms with E-state index in [9.17, 15) is 0 Å². The molecule has 1 unspecified atom stereocenters. The quantitative estimate of drug-likeness (QED) is 0.746. The number of aromatic nitrogens is 2. The van der Waals surface area contributed by atoms with E-state index in [0.717, 1.165) is 11.3 Å². The van der Waals surface area contributed by atoms with E-state index in [1.54, 1.807) is 17.2 Å². The maximum Gasteiger partial charge on any atom is 0.0954 e. The van der Waals surface area contributed by atoms with Crippen molar-refractivity contribution in [2.75, 3.05) is 0 Å². The van der Waals surface area contributed by atoms with Crippen molar-refractivity contribution in [3.63, 3.8) is 0 Å². The van der Waals surface area contributed by atoms with Crippen LogP contribution in [0.25, 0.3) is 0 Å². The van der Waals surface area contributed by atoms with E-state index in [1.165, 1.54) is 0 Å². The van der Waals surface area contributed by atoms with Crippen molar-refractivity contribution in [1.29, 1.82) is 0 Å². The predicted molar refractivity (Wildman–Crippen MR) is 47.9 cm³/mol. The number of aryl methyl sites for hydroxylation is 1. The molecule has 0 bridgehead atoms. The van der Waals surface area contributed by atoms with E-state index < -0.39 is 0 Å². The van der Waals surface area contributed by atoms with Crippen molar-refractivity contribution in [2.45, 2.75) is 6.04 Å². The second-order valence-electron chi connectivity index (χ2n) is 2.95. The topological polar surface area (TPSA) is 57.0 Å². The van der Waals surface area contributed by atoms with Crippen LogP contribution in [-0.4, -0.2) is 9.78 Å². The van der Waals surface area contributed by atoms with Crippen molar-refractivity contribution in [3.05, 3.63) is 42.1 Å². The Bertz CT molecular complexity index is 377. The first-order valence-electron chi connectivity index (χ1n) is 4.04. The van der Waals surface area contributed by atoms with Gasteiger partial charge in [0.25, 0.3) is 0 Å². The second-order valence-corrected chi connectivity index (χ2v) is 2.95. The van der Waals surface area contributed by atoms with Gasteiger partial charge in [-0.2, -0.15) is 5.10 Å². The summed E-state index contributed by atoms with van der Waals surface area (Å²) in [6, 6.07) is 3.55. The van der Waals surface area contributed by atoms with Crippen molar-refractivity contribution in [1.82, 2.24) is 9.78 Å². The number of rotatable bonds is 2. The molecule has 4 nitrogen and oxygen atoms in total. The Morgan fingerprint density at radius 3 is 2.92 bits per heavy atom. The first-order chi connectivity index (χ1) is 6.27. The van der Waals surface area contributed by atoms with Crippen LogP contribution in [-0.2, 0) is 7.05 Å². The highest BCUT2D eigenvalue weighted by Crippen LogP contribution is 2.17. The fourth-order valence-electron chi connectivity index (χ4n) is 1.22. The summed E-state index contributed by atoms with van der Waals surface area (Å²) in [4.78, 5) is 0. The standard InChI is InChI=1S/C9H11N3O/c1-12-4-2-8(11-12)9(10)7-3-5-13-6-7/h2-6,9H,10H2,1H3.